The first-order valence-corrected chi connectivity index (χ1v) is 9.57. The summed E-state index contributed by atoms with van der Waals surface area (Å²) in [5.74, 6) is -0.371. The molecule has 0 spiro atoms. The molecule has 10 heteroatoms. The summed E-state index contributed by atoms with van der Waals surface area (Å²) < 4.78 is 38.1. The summed E-state index contributed by atoms with van der Waals surface area (Å²) >= 11 is 1.34. The predicted octanol–water partition coefficient (Wildman–Crippen LogP) is 3.34. The number of carbonyl (C=O) groups is 1. The Bertz CT molecular complexity index is 966. The van der Waals surface area contributed by atoms with Crippen LogP contribution in [-0.4, -0.2) is 34.6 Å². The van der Waals surface area contributed by atoms with E-state index in [1.54, 1.807) is 24.6 Å². The first kappa shape index (κ1) is 21.0. The molecule has 3 aromatic rings. The van der Waals surface area contributed by atoms with Crippen molar-refractivity contribution in [3.05, 3.63) is 63.7 Å². The zero-order valence-electron chi connectivity index (χ0n) is 15.4. The minimum absolute atomic E-state index is 0.177. The van der Waals surface area contributed by atoms with E-state index in [4.69, 9.17) is 5.11 Å². The van der Waals surface area contributed by atoms with Gasteiger partial charge < -0.3 is 20.7 Å². The van der Waals surface area contributed by atoms with E-state index < -0.39 is 17.8 Å². The van der Waals surface area contributed by atoms with Gasteiger partial charge in [-0.15, -0.1) is 11.3 Å². The molecule has 0 aliphatic rings. The second kappa shape index (κ2) is 8.76. The van der Waals surface area contributed by atoms with Gasteiger partial charge in [-0.05, 0) is 36.9 Å². The molecule has 3 rings (SSSR count). The van der Waals surface area contributed by atoms with Crippen LogP contribution in [-0.2, 0) is 12.8 Å². The van der Waals surface area contributed by atoms with Crippen molar-refractivity contribution in [2.45, 2.75) is 18.8 Å². The second-order valence-corrected chi connectivity index (χ2v) is 7.17. The predicted molar refractivity (Wildman–Crippen MR) is 103 cm³/mol. The van der Waals surface area contributed by atoms with Crippen LogP contribution in [0.5, 0.6) is 0 Å². The maximum absolute atomic E-state index is 12.7. The number of H-pyrrole nitrogens is 1. The number of aliphatic hydroxyl groups excluding tert-OH is 1. The van der Waals surface area contributed by atoms with Crippen LogP contribution in [0.4, 0.5) is 13.2 Å². The van der Waals surface area contributed by atoms with Crippen molar-refractivity contribution in [3.8, 4) is 11.3 Å². The van der Waals surface area contributed by atoms with Gasteiger partial charge in [0.15, 0.2) is 0 Å². The zero-order chi connectivity index (χ0) is 21.0. The molecule has 29 heavy (non-hydrogen) atoms. The van der Waals surface area contributed by atoms with Crippen LogP contribution in [0, 0.1) is 0 Å². The molecular weight excluding hydrogens is 405 g/mol. The lowest BCUT2D eigenvalue weighted by Crippen LogP contribution is -2.34. The number of aliphatic hydroxyl groups is 1. The number of benzene rings is 1. The van der Waals surface area contributed by atoms with Crippen molar-refractivity contribution in [2.24, 2.45) is 0 Å². The number of hydrogen-bond acceptors (Lipinski definition) is 5. The van der Waals surface area contributed by atoms with Crippen molar-refractivity contribution in [1.29, 1.82) is 0 Å². The molecule has 2 heterocycles. The van der Waals surface area contributed by atoms with E-state index in [9.17, 15) is 18.0 Å². The first-order chi connectivity index (χ1) is 13.8. The summed E-state index contributed by atoms with van der Waals surface area (Å²) in [5, 5.41) is 17.4. The van der Waals surface area contributed by atoms with Crippen molar-refractivity contribution in [1.82, 2.24) is 20.6 Å². The maximum atomic E-state index is 12.7. The van der Waals surface area contributed by atoms with Gasteiger partial charge in [-0.1, -0.05) is 12.1 Å². The highest BCUT2D eigenvalue weighted by Crippen LogP contribution is 2.30. The van der Waals surface area contributed by atoms with Gasteiger partial charge >= 0.3 is 6.18 Å². The lowest BCUT2D eigenvalue weighted by Gasteiger charge is -2.15. The number of nitrogens with one attached hydrogen (secondary N) is 3. The number of halogens is 3. The van der Waals surface area contributed by atoms with Gasteiger partial charge in [0.05, 0.1) is 23.9 Å². The Kier molecular flexibility index (Phi) is 6.36. The lowest BCUT2D eigenvalue weighted by atomic mass is 10.1. The minimum Gasteiger partial charge on any atom is -0.390 e. The van der Waals surface area contributed by atoms with Crippen LogP contribution in [0.25, 0.3) is 11.3 Å². The number of nitrogens with zero attached hydrogens (tertiary/aromatic N) is 1. The summed E-state index contributed by atoms with van der Waals surface area (Å²) in [5.41, 5.74) is 1.15. The molecule has 0 saturated carbocycles. The van der Waals surface area contributed by atoms with E-state index >= 15 is 0 Å². The lowest BCUT2D eigenvalue weighted by molar-refractivity contribution is -0.137. The number of hydrogen-bond donors (Lipinski definition) is 4. The summed E-state index contributed by atoms with van der Waals surface area (Å²) in [4.78, 5) is 19.8. The fourth-order valence-corrected chi connectivity index (χ4v) is 3.59. The standard InChI is InChI=1S/C19H19F3N4O2S/c1-23-8-16(18-24-13(9-27)10-29-18)26-17(28)15-7-6-14(25-15)11-2-4-12(5-3-11)19(20,21)22/h2-7,10,16,23,25,27H,8-9H2,1H3,(H,26,28). The molecule has 1 atom stereocenters. The minimum atomic E-state index is -4.40. The highest BCUT2D eigenvalue weighted by atomic mass is 32.1. The second-order valence-electron chi connectivity index (χ2n) is 6.28. The SMILES string of the molecule is CNCC(NC(=O)c1ccc(-c2ccc(C(F)(F)F)cc2)[nH]1)c1nc(CO)cs1. The third-order valence-electron chi connectivity index (χ3n) is 4.20. The number of aromatic amines is 1. The van der Waals surface area contributed by atoms with Gasteiger partial charge in [0, 0.05) is 17.6 Å². The number of alkyl halides is 3. The van der Waals surface area contributed by atoms with Crippen LogP contribution >= 0.6 is 11.3 Å². The molecule has 6 nitrogen and oxygen atoms in total. The quantitative estimate of drug-likeness (QED) is 0.468. The Balaban J connectivity index is 1.74. The van der Waals surface area contributed by atoms with Crippen LogP contribution in [0.2, 0.25) is 0 Å². The van der Waals surface area contributed by atoms with Gasteiger partial charge in [-0.2, -0.15) is 13.2 Å². The van der Waals surface area contributed by atoms with E-state index in [1.807, 2.05) is 0 Å². The summed E-state index contributed by atoms with van der Waals surface area (Å²) in [6.07, 6.45) is -4.40. The molecule has 0 fully saturated rings. The van der Waals surface area contributed by atoms with Gasteiger partial charge in [-0.3, -0.25) is 4.79 Å². The average molecular weight is 424 g/mol. The Morgan fingerprint density at radius 2 is 1.97 bits per heavy atom. The maximum Gasteiger partial charge on any atom is 0.416 e. The third-order valence-corrected chi connectivity index (χ3v) is 5.20. The average Bonchev–Trinajstić information content (AvgIpc) is 3.37. The van der Waals surface area contributed by atoms with Crippen molar-refractivity contribution >= 4 is 17.2 Å². The third kappa shape index (κ3) is 5.03. The molecular formula is C19H19F3N4O2S. The van der Waals surface area contributed by atoms with E-state index in [-0.39, 0.29) is 18.2 Å². The number of carbonyl (C=O) groups excluding carboxylic acids is 1. The number of likely N-dealkylation sites (N-methyl/N-ethyl adjacent to an activating group) is 1. The van der Waals surface area contributed by atoms with Gasteiger partial charge in [0.1, 0.15) is 10.7 Å². The number of amides is 1. The van der Waals surface area contributed by atoms with E-state index in [1.165, 1.54) is 23.5 Å². The van der Waals surface area contributed by atoms with Gasteiger partial charge in [-0.25, -0.2) is 4.98 Å². The van der Waals surface area contributed by atoms with Gasteiger partial charge in [0.25, 0.3) is 5.91 Å². The fraction of sp³-hybridized carbons (Fsp3) is 0.263. The van der Waals surface area contributed by atoms with Crippen LogP contribution in [0.15, 0.2) is 41.8 Å². The molecule has 0 saturated heterocycles. The summed E-state index contributed by atoms with van der Waals surface area (Å²) in [6, 6.07) is 7.52. The van der Waals surface area contributed by atoms with Crippen molar-refractivity contribution < 1.29 is 23.1 Å². The smallest absolute Gasteiger partial charge is 0.390 e. The Morgan fingerprint density at radius 1 is 1.24 bits per heavy atom. The van der Waals surface area contributed by atoms with Gasteiger partial charge in [0.2, 0.25) is 0 Å². The summed E-state index contributed by atoms with van der Waals surface area (Å²) in [7, 11) is 1.75. The number of thiazole rings is 1. The first-order valence-electron chi connectivity index (χ1n) is 8.69. The monoisotopic (exact) mass is 424 g/mol. The van der Waals surface area contributed by atoms with E-state index in [0.717, 1.165) is 12.1 Å². The highest BCUT2D eigenvalue weighted by molar-refractivity contribution is 7.09. The topological polar surface area (TPSA) is 90.0 Å². The molecule has 2 aromatic heterocycles. The molecule has 1 unspecified atom stereocenters. The summed E-state index contributed by atoms with van der Waals surface area (Å²) in [6.45, 7) is 0.264. The van der Waals surface area contributed by atoms with E-state index in [2.05, 4.69) is 20.6 Å². The van der Waals surface area contributed by atoms with Crippen LogP contribution < -0.4 is 10.6 Å². The molecule has 0 aliphatic heterocycles. The highest BCUT2D eigenvalue weighted by Gasteiger charge is 2.30. The molecule has 1 amide bonds. The molecule has 0 radical (unpaired) electrons. The molecule has 1 aromatic carbocycles. The Labute approximate surface area is 168 Å². The zero-order valence-corrected chi connectivity index (χ0v) is 16.2. The largest absolute Gasteiger partial charge is 0.416 e. The molecule has 0 bridgehead atoms. The van der Waals surface area contributed by atoms with Crippen LogP contribution in [0.1, 0.15) is 32.8 Å². The number of aromatic nitrogens is 2. The van der Waals surface area contributed by atoms with Crippen LogP contribution in [0.3, 0.4) is 0 Å². The number of rotatable bonds is 7. The van der Waals surface area contributed by atoms with Crippen molar-refractivity contribution in [2.75, 3.05) is 13.6 Å². The normalized spacial score (nSPS) is 12.7. The Hall–Kier alpha value is -2.69. The van der Waals surface area contributed by atoms with E-state index in [0.29, 0.717) is 28.5 Å². The fourth-order valence-electron chi connectivity index (χ4n) is 2.73. The molecule has 154 valence electrons. The van der Waals surface area contributed by atoms with Crippen molar-refractivity contribution in [3.63, 3.8) is 0 Å². The molecule has 0 aliphatic carbocycles. The Morgan fingerprint density at radius 3 is 2.55 bits per heavy atom. The molecule has 4 N–H and O–H groups in total.